The third kappa shape index (κ3) is 2.32. The molecule has 0 atom stereocenters. The van der Waals surface area contributed by atoms with Crippen LogP contribution in [0.3, 0.4) is 0 Å². The van der Waals surface area contributed by atoms with Crippen LogP contribution in [0.2, 0.25) is 0 Å². The predicted octanol–water partition coefficient (Wildman–Crippen LogP) is -0.989. The van der Waals surface area contributed by atoms with Crippen LogP contribution < -0.4 is 11.2 Å². The van der Waals surface area contributed by atoms with Gasteiger partial charge in [0, 0.05) is 0 Å². The van der Waals surface area contributed by atoms with Gasteiger partial charge in [-0.2, -0.15) is 0 Å². The van der Waals surface area contributed by atoms with Gasteiger partial charge in [0.1, 0.15) is 0 Å². The van der Waals surface area contributed by atoms with Crippen LogP contribution in [0, 0.1) is 4.91 Å². The maximum absolute atomic E-state index is 10.6. The van der Waals surface area contributed by atoms with Crippen LogP contribution in [0.15, 0.2) is 14.8 Å². The normalized spacial score (nSPS) is 8.67. The van der Waals surface area contributed by atoms with E-state index in [1.54, 1.807) is 9.97 Å². The molecule has 0 saturated heterocycles. The third-order valence-corrected chi connectivity index (χ3v) is 0.990. The van der Waals surface area contributed by atoms with Crippen molar-refractivity contribution in [3.8, 4) is 5.88 Å². The van der Waals surface area contributed by atoms with Gasteiger partial charge in [0.05, 0.1) is 0 Å². The van der Waals surface area contributed by atoms with E-state index in [1.807, 2.05) is 0 Å². The number of H-pyrrole nitrogens is 2. The topological polar surface area (TPSA) is 115 Å². The fraction of sp³-hybridized carbons (Fsp3) is 0. The summed E-state index contributed by atoms with van der Waals surface area (Å²) in [6.07, 6.45) is 0. The van der Waals surface area contributed by atoms with Gasteiger partial charge in [-0.3, -0.25) is 14.8 Å². The number of aromatic amines is 2. The summed E-state index contributed by atoms with van der Waals surface area (Å²) in [7, 11) is 0. The first-order valence-electron chi connectivity index (χ1n) is 2.54. The first-order valence-corrected chi connectivity index (χ1v) is 2.54. The SMILES string of the molecule is O=Nc1c(O)[nH]c(=O)[nH]c1=O.[Ba+2].[H-].[H-]. The van der Waals surface area contributed by atoms with Crippen LogP contribution in [-0.4, -0.2) is 64.0 Å². The minimum atomic E-state index is -1.01. The van der Waals surface area contributed by atoms with E-state index >= 15 is 0 Å². The summed E-state index contributed by atoms with van der Waals surface area (Å²) >= 11 is 0. The Bertz CT molecular complexity index is 402. The molecule has 3 N–H and O–H groups in total. The summed E-state index contributed by atoms with van der Waals surface area (Å²) in [6.45, 7) is 0. The molecule has 7 nitrogen and oxygen atoms in total. The van der Waals surface area contributed by atoms with Crippen molar-refractivity contribution in [2.24, 2.45) is 5.18 Å². The summed E-state index contributed by atoms with van der Waals surface area (Å²) in [5.74, 6) is -0.825. The van der Waals surface area contributed by atoms with Gasteiger partial charge in [-0.1, -0.05) is 0 Å². The Morgan fingerprint density at radius 3 is 2.33 bits per heavy atom. The van der Waals surface area contributed by atoms with Gasteiger partial charge in [-0.05, 0) is 5.18 Å². The Morgan fingerprint density at radius 1 is 1.33 bits per heavy atom. The Hall–Kier alpha value is -0.349. The second-order valence-corrected chi connectivity index (χ2v) is 1.70. The molecule has 1 aromatic heterocycles. The van der Waals surface area contributed by atoms with Gasteiger partial charge < -0.3 is 7.96 Å². The number of nitroso groups, excluding NO2 is 1. The number of nitrogens with zero attached hydrogens (tertiary/aromatic N) is 1. The fourth-order valence-corrected chi connectivity index (χ4v) is 0.553. The Morgan fingerprint density at radius 2 is 1.92 bits per heavy atom. The van der Waals surface area contributed by atoms with Crippen molar-refractivity contribution in [3.63, 3.8) is 0 Å². The van der Waals surface area contributed by atoms with Gasteiger partial charge >= 0.3 is 54.6 Å². The van der Waals surface area contributed by atoms with Gasteiger partial charge in [-0.25, -0.2) is 4.79 Å². The molecule has 0 spiro atoms. The minimum Gasteiger partial charge on any atom is -1.00 e. The van der Waals surface area contributed by atoms with Crippen molar-refractivity contribution >= 4 is 54.6 Å². The summed E-state index contributed by atoms with van der Waals surface area (Å²) < 4.78 is 0. The first kappa shape index (κ1) is 11.7. The van der Waals surface area contributed by atoms with Gasteiger partial charge in [-0.15, -0.1) is 4.91 Å². The molecule has 0 bridgehead atoms. The standard InChI is InChI=1S/C4H3N3O4.Ba.2H/c8-2-1(7-11)3(9)6-4(10)5-2;;;/h(H3,5,6,8,9,10);;;/q;+2;2*-1. The van der Waals surface area contributed by atoms with Crippen LogP contribution in [0.4, 0.5) is 5.69 Å². The van der Waals surface area contributed by atoms with Crippen molar-refractivity contribution < 1.29 is 7.96 Å². The smallest absolute Gasteiger partial charge is 1.00 e. The van der Waals surface area contributed by atoms with E-state index in [0.717, 1.165) is 0 Å². The van der Waals surface area contributed by atoms with E-state index in [-0.39, 0.29) is 51.7 Å². The Labute approximate surface area is 108 Å². The molecule has 1 aromatic rings. The van der Waals surface area contributed by atoms with Crippen LogP contribution in [0.25, 0.3) is 0 Å². The molecule has 8 heteroatoms. The minimum absolute atomic E-state index is 0. The molecule has 0 unspecified atom stereocenters. The molecule has 1 heterocycles. The average Bonchev–Trinajstić information content (AvgIpc) is 1.85. The summed E-state index contributed by atoms with van der Waals surface area (Å²) in [5, 5.41) is 10.9. The maximum atomic E-state index is 10.6. The third-order valence-electron chi connectivity index (χ3n) is 0.990. The number of hydrogen-bond donors (Lipinski definition) is 3. The summed E-state index contributed by atoms with van der Waals surface area (Å²) in [4.78, 5) is 34.2. The molecular formula is C4H5BaN3O4. The van der Waals surface area contributed by atoms with E-state index in [4.69, 9.17) is 5.11 Å². The van der Waals surface area contributed by atoms with Crippen molar-refractivity contribution in [1.82, 2.24) is 9.97 Å². The average molecular weight is 296 g/mol. The summed E-state index contributed by atoms with van der Waals surface area (Å²) in [6, 6.07) is 0. The Balaban J connectivity index is -0.000000403. The van der Waals surface area contributed by atoms with E-state index in [2.05, 4.69) is 5.18 Å². The second-order valence-electron chi connectivity index (χ2n) is 1.70. The molecule has 0 aliphatic heterocycles. The van der Waals surface area contributed by atoms with Crippen molar-refractivity contribution in [2.45, 2.75) is 0 Å². The van der Waals surface area contributed by atoms with Crippen LogP contribution >= 0.6 is 0 Å². The number of hydrogen-bond acceptors (Lipinski definition) is 5. The zero-order valence-corrected chi connectivity index (χ0v) is 10.3. The van der Waals surface area contributed by atoms with E-state index in [1.165, 1.54) is 0 Å². The Kier molecular flexibility index (Phi) is 4.49. The molecule has 0 radical (unpaired) electrons. The largest absolute Gasteiger partial charge is 2.00 e. The van der Waals surface area contributed by atoms with Crippen molar-refractivity contribution in [3.05, 3.63) is 25.7 Å². The van der Waals surface area contributed by atoms with Crippen LogP contribution in [-0.2, 0) is 0 Å². The molecule has 0 amide bonds. The first-order chi connectivity index (χ1) is 5.15. The maximum Gasteiger partial charge on any atom is 2.00 e. The number of aromatic hydroxyl groups is 1. The van der Waals surface area contributed by atoms with Crippen molar-refractivity contribution in [2.75, 3.05) is 0 Å². The van der Waals surface area contributed by atoms with E-state index in [0.29, 0.717) is 0 Å². The molecule has 62 valence electrons. The predicted molar refractivity (Wildman–Crippen MR) is 42.8 cm³/mol. The molecule has 0 aromatic carbocycles. The zero-order valence-electron chi connectivity index (χ0n) is 7.83. The monoisotopic (exact) mass is 297 g/mol. The molecular weight excluding hydrogens is 291 g/mol. The second kappa shape index (κ2) is 4.62. The van der Waals surface area contributed by atoms with Crippen LogP contribution in [0.5, 0.6) is 5.88 Å². The van der Waals surface area contributed by atoms with Crippen molar-refractivity contribution in [1.29, 1.82) is 0 Å². The van der Waals surface area contributed by atoms with E-state index < -0.39 is 22.8 Å². The quantitative estimate of drug-likeness (QED) is 0.456. The molecule has 0 aliphatic rings. The zero-order chi connectivity index (χ0) is 8.43. The molecule has 1 rings (SSSR count). The number of nitrogens with one attached hydrogen (secondary N) is 2. The molecule has 0 aliphatic carbocycles. The molecule has 0 fully saturated rings. The molecule has 0 saturated carbocycles. The van der Waals surface area contributed by atoms with Crippen LogP contribution in [0.1, 0.15) is 2.85 Å². The number of rotatable bonds is 1. The van der Waals surface area contributed by atoms with Gasteiger partial charge in [0.15, 0.2) is 0 Å². The van der Waals surface area contributed by atoms with Gasteiger partial charge in [0.2, 0.25) is 11.6 Å². The molecule has 12 heavy (non-hydrogen) atoms. The van der Waals surface area contributed by atoms with Gasteiger partial charge in [0.25, 0.3) is 5.56 Å². The summed E-state index contributed by atoms with van der Waals surface area (Å²) in [5.41, 5.74) is -2.63. The fourth-order valence-electron chi connectivity index (χ4n) is 0.553. The number of aromatic nitrogens is 2. The van der Waals surface area contributed by atoms with E-state index in [9.17, 15) is 14.5 Å².